The van der Waals surface area contributed by atoms with Gasteiger partial charge in [0, 0.05) is 46.7 Å². The van der Waals surface area contributed by atoms with Crippen molar-refractivity contribution in [2.24, 2.45) is 39.4 Å². The first-order chi connectivity index (χ1) is 46.4. The molecule has 1 aliphatic heterocycles. The number of thiophene rings is 1. The summed E-state index contributed by atoms with van der Waals surface area (Å²) < 4.78 is 103. The Morgan fingerprint density at radius 1 is 0.640 bits per heavy atom. The van der Waals surface area contributed by atoms with Crippen LogP contribution in [0, 0.1) is 39.4 Å². The summed E-state index contributed by atoms with van der Waals surface area (Å²) in [5.41, 5.74) is -3.59. The van der Waals surface area contributed by atoms with Crippen molar-refractivity contribution in [2.75, 3.05) is 18.8 Å². The highest BCUT2D eigenvalue weighted by atomic mass is 32.2. The Labute approximate surface area is 596 Å². The molecule has 0 radical (unpaired) electrons. The fraction of sp³-hybridized carbons (Fsp3) is 0.637. The first-order valence-electron chi connectivity index (χ1n) is 36.1. The average molecular weight is 1430 g/mol. The van der Waals surface area contributed by atoms with Gasteiger partial charge in [0.2, 0.25) is 6.10 Å². The van der Waals surface area contributed by atoms with Gasteiger partial charge in [-0.2, -0.15) is 13.2 Å². The number of rotatable bonds is 18. The van der Waals surface area contributed by atoms with Gasteiger partial charge in [-0.25, -0.2) is 13.2 Å². The maximum absolute atomic E-state index is 13.3. The average Bonchev–Trinajstić information content (AvgIpc) is 1.11. The summed E-state index contributed by atoms with van der Waals surface area (Å²) in [5, 5.41) is 11.8. The predicted molar refractivity (Wildman–Crippen MR) is 389 cm³/mol. The van der Waals surface area contributed by atoms with Crippen molar-refractivity contribution in [3.05, 3.63) is 109 Å². The van der Waals surface area contributed by atoms with Crippen LogP contribution in [-0.2, 0) is 53.0 Å². The number of halogens is 3. The minimum absolute atomic E-state index is 0.00100. The molecule has 15 nitrogen and oxygen atoms in total. The van der Waals surface area contributed by atoms with Crippen LogP contribution in [0.5, 0.6) is 5.75 Å². The second-order valence-electron chi connectivity index (χ2n) is 32.1. The highest BCUT2D eigenvalue weighted by Crippen LogP contribution is 2.64. The van der Waals surface area contributed by atoms with Crippen molar-refractivity contribution in [3.8, 4) is 10.6 Å². The SMILES string of the molecule is CCC(C)(C)C(=O)OC(C)(C)C1CCN(C(=O)OC(C)(C)C)CC1.CCC(C)(C)C(=O)OC12CC3CC(C1)CC(C(=O)OC(CS(=O)(=O)[O-])C(F)(F)F)(C3)C2.CCC(C)c1ccc(O)cc1.CCC1(OC(=O)C(C)(C)CC)CCCC1.c1ccc(-[s+]2c3ccccc3c3ccccc32)cc1. The molecule has 2 heterocycles. The number of amides is 1. The van der Waals surface area contributed by atoms with Gasteiger partial charge in [0.05, 0.1) is 37.5 Å². The lowest BCUT2D eigenvalue weighted by Gasteiger charge is -2.60. The minimum atomic E-state index is -5.27. The maximum atomic E-state index is 13.3. The summed E-state index contributed by atoms with van der Waals surface area (Å²) in [6.45, 7) is 34.4. The molecule has 11 rings (SSSR count). The molecule has 0 spiro atoms. The minimum Gasteiger partial charge on any atom is -0.748 e. The first-order valence-corrected chi connectivity index (χ1v) is 38.9. The fourth-order valence-corrected chi connectivity index (χ4v) is 17.1. The molecule has 4 atom stereocenters. The molecule has 1 aromatic heterocycles. The van der Waals surface area contributed by atoms with Crippen LogP contribution in [0.15, 0.2) is 103 Å². The van der Waals surface area contributed by atoms with Gasteiger partial charge in [0.25, 0.3) is 0 Å². The topological polar surface area (TPSA) is 212 Å². The summed E-state index contributed by atoms with van der Waals surface area (Å²) in [6.07, 6.45) is 4.41. The number of carbonyl (C=O) groups excluding carboxylic acids is 5. The predicted octanol–water partition coefficient (Wildman–Crippen LogP) is 20.0. The van der Waals surface area contributed by atoms with Crippen LogP contribution >= 0.6 is 10.5 Å². The molecule has 1 saturated heterocycles. The zero-order valence-corrected chi connectivity index (χ0v) is 64.1. The number of piperidine rings is 1. The van der Waals surface area contributed by atoms with Crippen molar-refractivity contribution in [1.82, 2.24) is 4.90 Å². The fourth-order valence-electron chi connectivity index (χ4n) is 14.1. The molecule has 5 aromatic rings. The molecule has 4 unspecified atom stereocenters. The number of fused-ring (bicyclic) bond motifs is 3. The highest BCUT2D eigenvalue weighted by Gasteiger charge is 2.64. The number of phenols is 1. The Kier molecular flexibility index (Phi) is 27.7. The van der Waals surface area contributed by atoms with Crippen LogP contribution in [0.1, 0.15) is 238 Å². The van der Waals surface area contributed by atoms with Crippen LogP contribution in [-0.4, -0.2) is 106 Å². The van der Waals surface area contributed by atoms with Gasteiger partial charge in [-0.3, -0.25) is 19.2 Å². The number of phenolic OH excluding ortho intramolecular Hbond substituents is 1. The summed E-state index contributed by atoms with van der Waals surface area (Å²) in [5.74, 6) is -2.43. The van der Waals surface area contributed by atoms with E-state index in [1.807, 2.05) is 95.2 Å². The molecule has 100 heavy (non-hydrogen) atoms. The standard InChI is InChI=1S/C20H29F3O7S.C19H35NO4.C18H13S.C13H24O2.C10H14O/c1-4-17(2,3)15(24)30-19-8-12-5-13(9-19)7-18(6-12,11-19)16(25)29-14(20(21,22)23)10-31(26,27)28;1-9-18(5,6)15(21)23-19(7,8)14-10-12-20(13-11-14)16(22)24-17(2,3)4;1-2-8-14(9-3-1)19-17-12-6-4-10-15(17)16-11-5-7-13-18(16)19;1-5-12(3,4)11(14)15-13(6-2)9-7-8-10-13;1-3-8(2)9-4-6-10(11)7-5-9/h12-14H,4-11H2,1-3H3,(H,26,27,28);14H,9-13H2,1-8H3;1-13H;5-10H2,1-4H3;4-8,11H,3H2,1-2H3/q;;+1;;/p-1. The molecule has 5 saturated carbocycles. The van der Waals surface area contributed by atoms with E-state index in [1.54, 1.807) is 30.9 Å². The van der Waals surface area contributed by atoms with Crippen LogP contribution in [0.3, 0.4) is 0 Å². The molecule has 1 amide bonds. The van der Waals surface area contributed by atoms with Crippen LogP contribution in [0.2, 0.25) is 0 Å². The highest BCUT2D eigenvalue weighted by molar-refractivity contribution is 7.85. The molecular weight excluding hydrogens is 1320 g/mol. The van der Waals surface area contributed by atoms with Gasteiger partial charge in [-0.05, 0) is 251 Å². The second kappa shape index (κ2) is 33.5. The monoisotopic (exact) mass is 1430 g/mol. The third-order valence-electron chi connectivity index (χ3n) is 21.5. The van der Waals surface area contributed by atoms with Gasteiger partial charge in [0.1, 0.15) is 28.2 Å². The van der Waals surface area contributed by atoms with E-state index in [9.17, 15) is 50.1 Å². The number of hydrogen-bond donors (Lipinski definition) is 1. The zero-order valence-electron chi connectivity index (χ0n) is 62.5. The van der Waals surface area contributed by atoms with E-state index < -0.39 is 73.1 Å². The Hall–Kier alpha value is -6.25. The lowest BCUT2D eigenvalue weighted by molar-refractivity contribution is -0.239. The van der Waals surface area contributed by atoms with Crippen molar-refractivity contribution < 1.29 is 78.9 Å². The summed E-state index contributed by atoms with van der Waals surface area (Å²) in [4.78, 5) is 65.3. The van der Waals surface area contributed by atoms with Crippen molar-refractivity contribution >= 4 is 70.7 Å². The van der Waals surface area contributed by atoms with Gasteiger partial charge >= 0.3 is 36.1 Å². The molecule has 20 heteroatoms. The molecule has 1 N–H and O–H groups in total. The number of aromatic hydroxyl groups is 1. The lowest BCUT2D eigenvalue weighted by Crippen LogP contribution is -2.61. The Morgan fingerprint density at radius 3 is 1.56 bits per heavy atom. The number of ether oxygens (including phenoxy) is 5. The first kappa shape index (κ1) is 82.7. The van der Waals surface area contributed by atoms with E-state index in [0.717, 1.165) is 57.8 Å². The molecule has 6 aliphatic rings. The summed E-state index contributed by atoms with van der Waals surface area (Å²) in [7, 11) is -5.21. The van der Waals surface area contributed by atoms with Gasteiger partial charge in [0.15, 0.2) is 14.3 Å². The number of alkyl halides is 3. The second-order valence-corrected chi connectivity index (χ2v) is 35.5. The summed E-state index contributed by atoms with van der Waals surface area (Å²) >= 11 is 0. The number of esters is 4. The third kappa shape index (κ3) is 21.9. The largest absolute Gasteiger partial charge is 0.748 e. The lowest BCUT2D eigenvalue weighted by atomic mass is 9.48. The smallest absolute Gasteiger partial charge is 0.426 e. The van der Waals surface area contributed by atoms with Crippen molar-refractivity contribution in [1.29, 1.82) is 0 Å². The Morgan fingerprint density at radius 2 is 1.11 bits per heavy atom. The van der Waals surface area contributed by atoms with Crippen molar-refractivity contribution in [2.45, 2.75) is 267 Å². The molecule has 6 fully saturated rings. The molecule has 556 valence electrons. The van der Waals surface area contributed by atoms with E-state index in [1.165, 1.54) is 43.5 Å². The van der Waals surface area contributed by atoms with Gasteiger partial charge in [-0.15, -0.1) is 0 Å². The van der Waals surface area contributed by atoms with E-state index >= 15 is 0 Å². The van der Waals surface area contributed by atoms with Crippen molar-refractivity contribution in [3.63, 3.8) is 0 Å². The van der Waals surface area contributed by atoms with E-state index in [0.29, 0.717) is 56.9 Å². The quantitative estimate of drug-likeness (QED) is 0.0374. The molecule has 5 aliphatic carbocycles. The maximum Gasteiger partial charge on any atom is 0.426 e. The molecule has 4 aromatic carbocycles. The van der Waals surface area contributed by atoms with Crippen LogP contribution in [0.4, 0.5) is 18.0 Å². The third-order valence-corrected chi connectivity index (χ3v) is 24.6. The number of likely N-dealkylation sites (tertiary alicyclic amines) is 1. The summed E-state index contributed by atoms with van der Waals surface area (Å²) in [6, 6.07) is 35.8. The number of benzene rings is 4. The molecule has 4 bridgehead atoms. The van der Waals surface area contributed by atoms with E-state index in [-0.39, 0.29) is 63.7 Å². The van der Waals surface area contributed by atoms with Crippen LogP contribution < -0.4 is 0 Å². The Balaban J connectivity index is 0.000000205. The van der Waals surface area contributed by atoms with Gasteiger partial charge < -0.3 is 38.2 Å². The zero-order chi connectivity index (χ0) is 74.7. The Bertz CT molecular complexity index is 3580. The molecular formula is C80H114F3NO14S2. The van der Waals surface area contributed by atoms with Crippen LogP contribution in [0.25, 0.3) is 25.1 Å². The normalized spacial score (nSPS) is 21.3. The number of carbonyl (C=O) groups is 5. The van der Waals surface area contributed by atoms with E-state index in [2.05, 4.69) is 104 Å². The number of hydrogen-bond acceptors (Lipinski definition) is 14. The van der Waals surface area contributed by atoms with E-state index in [4.69, 9.17) is 24.1 Å². The number of nitrogens with zero attached hydrogens (tertiary/aromatic N) is 1. The van der Waals surface area contributed by atoms with Gasteiger partial charge in [-0.1, -0.05) is 96.1 Å².